The molecule has 130 valence electrons. The van der Waals surface area contributed by atoms with Crippen LogP contribution in [0.15, 0.2) is 0 Å². The number of rotatable bonds is 4. The van der Waals surface area contributed by atoms with E-state index in [-0.39, 0.29) is 30.1 Å². The Bertz CT molecular complexity index is 581. The van der Waals surface area contributed by atoms with E-state index in [0.29, 0.717) is 30.1 Å². The van der Waals surface area contributed by atoms with Gasteiger partial charge < -0.3 is 15.6 Å². The minimum atomic E-state index is -0.00204. The first kappa shape index (κ1) is 19.7. The summed E-state index contributed by atoms with van der Waals surface area (Å²) in [6.07, 6.45) is 2.73. The van der Waals surface area contributed by atoms with Gasteiger partial charge in [-0.2, -0.15) is 0 Å². The summed E-state index contributed by atoms with van der Waals surface area (Å²) in [5.41, 5.74) is 8.88. The average molecular weight is 342 g/mol. The second kappa shape index (κ2) is 7.97. The van der Waals surface area contributed by atoms with Gasteiger partial charge in [0.05, 0.1) is 0 Å². The number of ketones is 1. The number of carbonyl (C=O) groups is 2. The Labute approximate surface area is 144 Å². The molecule has 2 unspecified atom stereocenters. The van der Waals surface area contributed by atoms with Crippen molar-refractivity contribution in [1.29, 1.82) is 0 Å². The summed E-state index contributed by atoms with van der Waals surface area (Å²) in [4.78, 5) is 29.7. The van der Waals surface area contributed by atoms with Gasteiger partial charge in [-0.25, -0.2) is 0 Å². The highest BCUT2D eigenvalue weighted by Crippen LogP contribution is 2.25. The molecule has 1 aromatic heterocycles. The Kier molecular flexibility index (Phi) is 6.84. The Morgan fingerprint density at radius 1 is 1.43 bits per heavy atom. The number of carbonyl (C=O) groups excluding carboxylic acids is 2. The van der Waals surface area contributed by atoms with Gasteiger partial charge in [0.2, 0.25) is 0 Å². The Balaban J connectivity index is 0.00000264. The van der Waals surface area contributed by atoms with Gasteiger partial charge in [-0.1, -0.05) is 6.92 Å². The first-order chi connectivity index (χ1) is 10.4. The van der Waals surface area contributed by atoms with Crippen molar-refractivity contribution in [2.24, 2.45) is 11.7 Å². The third-order valence-electron chi connectivity index (χ3n) is 4.70. The monoisotopic (exact) mass is 341 g/mol. The molecule has 3 N–H and O–H groups in total. The van der Waals surface area contributed by atoms with Gasteiger partial charge >= 0.3 is 0 Å². The molecule has 2 atom stereocenters. The number of aromatic amines is 1. The summed E-state index contributed by atoms with van der Waals surface area (Å²) >= 11 is 0. The van der Waals surface area contributed by atoms with E-state index in [1.54, 1.807) is 6.92 Å². The number of nitrogens with zero attached hydrogens (tertiary/aromatic N) is 1. The van der Waals surface area contributed by atoms with Gasteiger partial charge in [-0.15, -0.1) is 12.4 Å². The zero-order chi connectivity index (χ0) is 16.4. The molecule has 6 heteroatoms. The number of hydrogen-bond donors (Lipinski definition) is 2. The first-order valence-electron chi connectivity index (χ1n) is 8.14. The maximum absolute atomic E-state index is 12.9. The predicted molar refractivity (Wildman–Crippen MR) is 94.4 cm³/mol. The molecule has 1 aromatic rings. The Morgan fingerprint density at radius 2 is 2.09 bits per heavy atom. The topological polar surface area (TPSA) is 79.2 Å². The fraction of sp³-hybridized carbons (Fsp3) is 0.647. The molecule has 1 amide bonds. The third-order valence-corrected chi connectivity index (χ3v) is 4.70. The highest BCUT2D eigenvalue weighted by atomic mass is 35.5. The highest BCUT2D eigenvalue weighted by Gasteiger charge is 2.30. The lowest BCUT2D eigenvalue weighted by molar-refractivity contribution is 0.0654. The number of piperidine rings is 1. The number of hydrogen-bond acceptors (Lipinski definition) is 3. The normalized spacial score (nSPS) is 19.2. The molecule has 23 heavy (non-hydrogen) atoms. The molecule has 0 spiro atoms. The second-order valence-corrected chi connectivity index (χ2v) is 6.40. The SMILES string of the molecule is CCc1c(C(=O)N2CCCC(C(C)N)C2)[nH]c(C)c1C(C)=O.Cl. The number of likely N-dealkylation sites (tertiary alicyclic amines) is 1. The smallest absolute Gasteiger partial charge is 0.270 e. The molecule has 2 rings (SSSR count). The summed E-state index contributed by atoms with van der Waals surface area (Å²) < 4.78 is 0. The number of H-pyrrole nitrogens is 1. The van der Waals surface area contributed by atoms with E-state index in [4.69, 9.17) is 5.73 Å². The molecule has 1 fully saturated rings. The van der Waals surface area contributed by atoms with Gasteiger partial charge in [-0.05, 0) is 51.5 Å². The van der Waals surface area contributed by atoms with Crippen LogP contribution in [0.5, 0.6) is 0 Å². The Morgan fingerprint density at radius 3 is 2.61 bits per heavy atom. The minimum absolute atomic E-state index is 0. The Hall–Kier alpha value is -1.33. The molecular formula is C17H28ClN3O2. The van der Waals surface area contributed by atoms with E-state index >= 15 is 0 Å². The number of Topliss-reactive ketones (excluding diaryl/α,β-unsaturated/α-hetero) is 1. The summed E-state index contributed by atoms with van der Waals surface area (Å²) in [7, 11) is 0. The largest absolute Gasteiger partial charge is 0.354 e. The van der Waals surface area contributed by atoms with Crippen molar-refractivity contribution in [3.05, 3.63) is 22.5 Å². The molecule has 0 radical (unpaired) electrons. The van der Waals surface area contributed by atoms with Gasteiger partial charge in [-0.3, -0.25) is 9.59 Å². The van der Waals surface area contributed by atoms with Crippen molar-refractivity contribution in [3.8, 4) is 0 Å². The van der Waals surface area contributed by atoms with Crippen LogP contribution in [0.2, 0.25) is 0 Å². The zero-order valence-corrected chi connectivity index (χ0v) is 15.3. The van der Waals surface area contributed by atoms with Crippen molar-refractivity contribution >= 4 is 24.1 Å². The molecule has 2 heterocycles. The van der Waals surface area contributed by atoms with E-state index in [9.17, 15) is 9.59 Å². The van der Waals surface area contributed by atoms with Crippen LogP contribution in [0.25, 0.3) is 0 Å². The van der Waals surface area contributed by atoms with Crippen molar-refractivity contribution < 1.29 is 9.59 Å². The average Bonchev–Trinajstić information content (AvgIpc) is 2.83. The number of amides is 1. The number of aromatic nitrogens is 1. The minimum Gasteiger partial charge on any atom is -0.354 e. The maximum atomic E-state index is 12.9. The van der Waals surface area contributed by atoms with Crippen LogP contribution in [0.4, 0.5) is 0 Å². The second-order valence-electron chi connectivity index (χ2n) is 6.40. The quantitative estimate of drug-likeness (QED) is 0.826. The van der Waals surface area contributed by atoms with E-state index < -0.39 is 0 Å². The third kappa shape index (κ3) is 3.96. The van der Waals surface area contributed by atoms with Gasteiger partial charge in [0.15, 0.2) is 5.78 Å². The van der Waals surface area contributed by atoms with Gasteiger partial charge in [0.1, 0.15) is 5.69 Å². The van der Waals surface area contributed by atoms with Crippen LogP contribution in [-0.4, -0.2) is 40.7 Å². The molecule has 1 aliphatic rings. The molecule has 1 saturated heterocycles. The molecule has 0 saturated carbocycles. The van der Waals surface area contributed by atoms with Crippen LogP contribution in [-0.2, 0) is 6.42 Å². The van der Waals surface area contributed by atoms with Crippen LogP contribution in [0, 0.1) is 12.8 Å². The molecular weight excluding hydrogens is 314 g/mol. The lowest BCUT2D eigenvalue weighted by Gasteiger charge is -2.34. The summed E-state index contributed by atoms with van der Waals surface area (Å²) in [5, 5.41) is 0. The van der Waals surface area contributed by atoms with Gasteiger partial charge in [0, 0.05) is 30.4 Å². The zero-order valence-electron chi connectivity index (χ0n) is 14.4. The summed E-state index contributed by atoms with van der Waals surface area (Å²) in [5.74, 6) is 0.362. The van der Waals surface area contributed by atoms with Crippen molar-refractivity contribution in [1.82, 2.24) is 9.88 Å². The first-order valence-corrected chi connectivity index (χ1v) is 8.14. The fourth-order valence-corrected chi connectivity index (χ4v) is 3.47. The van der Waals surface area contributed by atoms with Gasteiger partial charge in [0.25, 0.3) is 5.91 Å². The van der Waals surface area contributed by atoms with E-state index in [1.807, 2.05) is 25.7 Å². The molecule has 5 nitrogen and oxygen atoms in total. The molecule has 0 aromatic carbocycles. The lowest BCUT2D eigenvalue weighted by Crippen LogP contribution is -2.45. The standard InChI is InChI=1S/C17H27N3O2.ClH/c1-5-14-15(12(4)21)11(3)19-16(14)17(22)20-8-6-7-13(9-20)10(2)18;/h10,13,19H,5-9,18H2,1-4H3;1H. The maximum Gasteiger partial charge on any atom is 0.270 e. The van der Waals surface area contributed by atoms with Crippen LogP contribution in [0.1, 0.15) is 65.7 Å². The number of nitrogens with one attached hydrogen (secondary N) is 1. The summed E-state index contributed by atoms with van der Waals surface area (Å²) in [6.45, 7) is 8.85. The lowest BCUT2D eigenvalue weighted by atomic mass is 9.92. The van der Waals surface area contributed by atoms with E-state index in [0.717, 1.165) is 30.6 Å². The number of aryl methyl sites for hydroxylation is 1. The number of nitrogens with two attached hydrogens (primary N) is 1. The predicted octanol–water partition coefficient (Wildman–Crippen LogP) is 2.71. The summed E-state index contributed by atoms with van der Waals surface area (Å²) in [6, 6.07) is 0.0967. The fourth-order valence-electron chi connectivity index (χ4n) is 3.47. The van der Waals surface area contributed by atoms with Crippen LogP contribution < -0.4 is 5.73 Å². The van der Waals surface area contributed by atoms with Crippen LogP contribution >= 0.6 is 12.4 Å². The number of halogens is 1. The van der Waals surface area contributed by atoms with Crippen molar-refractivity contribution in [2.45, 2.75) is 53.0 Å². The van der Waals surface area contributed by atoms with E-state index in [2.05, 4.69) is 4.98 Å². The van der Waals surface area contributed by atoms with E-state index in [1.165, 1.54) is 0 Å². The highest BCUT2D eigenvalue weighted by molar-refractivity contribution is 6.02. The molecule has 0 bridgehead atoms. The van der Waals surface area contributed by atoms with Crippen molar-refractivity contribution in [2.75, 3.05) is 13.1 Å². The molecule has 1 aliphatic heterocycles. The van der Waals surface area contributed by atoms with Crippen molar-refractivity contribution in [3.63, 3.8) is 0 Å². The molecule has 0 aliphatic carbocycles. The van der Waals surface area contributed by atoms with Crippen LogP contribution in [0.3, 0.4) is 0 Å².